The standard InChI is InChI=1S/C16H27NO.C2H2O4/c1-4-5-10-17-11-7-12-18-16-9-6-8-15(13-16)14(2)3;3-1(4)2(5)6/h6,8-9,13-14,17H,4-5,7,10-12H2,1-3H3;(H,3,4)(H,5,6). The molecule has 136 valence electrons. The van der Waals surface area contributed by atoms with Crippen LogP contribution in [0.5, 0.6) is 5.75 Å². The molecule has 0 unspecified atom stereocenters. The van der Waals surface area contributed by atoms with Crippen LogP contribution >= 0.6 is 0 Å². The first-order valence-electron chi connectivity index (χ1n) is 8.28. The minimum Gasteiger partial charge on any atom is -0.494 e. The van der Waals surface area contributed by atoms with Crippen LogP contribution < -0.4 is 10.1 Å². The summed E-state index contributed by atoms with van der Waals surface area (Å²) in [6.45, 7) is 9.59. The van der Waals surface area contributed by atoms with Gasteiger partial charge in [0.25, 0.3) is 0 Å². The second-order valence-corrected chi connectivity index (χ2v) is 5.64. The van der Waals surface area contributed by atoms with Gasteiger partial charge in [-0.1, -0.05) is 39.3 Å². The van der Waals surface area contributed by atoms with E-state index in [1.54, 1.807) is 0 Å². The molecule has 0 heterocycles. The highest BCUT2D eigenvalue weighted by molar-refractivity contribution is 6.27. The zero-order valence-electron chi connectivity index (χ0n) is 14.7. The van der Waals surface area contributed by atoms with E-state index in [0.717, 1.165) is 31.9 Å². The van der Waals surface area contributed by atoms with Crippen molar-refractivity contribution in [3.63, 3.8) is 0 Å². The molecule has 24 heavy (non-hydrogen) atoms. The second-order valence-electron chi connectivity index (χ2n) is 5.64. The number of carbonyl (C=O) groups is 2. The predicted molar refractivity (Wildman–Crippen MR) is 93.7 cm³/mol. The van der Waals surface area contributed by atoms with Gasteiger partial charge in [-0.25, -0.2) is 9.59 Å². The zero-order valence-corrected chi connectivity index (χ0v) is 14.7. The lowest BCUT2D eigenvalue weighted by molar-refractivity contribution is -0.159. The van der Waals surface area contributed by atoms with Crippen LogP contribution in [0.2, 0.25) is 0 Å². The van der Waals surface area contributed by atoms with E-state index in [2.05, 4.69) is 44.3 Å². The fourth-order valence-corrected chi connectivity index (χ4v) is 1.78. The third-order valence-electron chi connectivity index (χ3n) is 3.18. The number of nitrogens with one attached hydrogen (secondary N) is 1. The first kappa shape index (κ1) is 21.9. The Balaban J connectivity index is 0.000000754. The van der Waals surface area contributed by atoms with Gasteiger partial charge < -0.3 is 20.3 Å². The molecule has 0 fully saturated rings. The van der Waals surface area contributed by atoms with Crippen LogP contribution in [0.15, 0.2) is 24.3 Å². The fourth-order valence-electron chi connectivity index (χ4n) is 1.78. The third kappa shape index (κ3) is 11.5. The van der Waals surface area contributed by atoms with Crippen molar-refractivity contribution < 1.29 is 24.5 Å². The largest absolute Gasteiger partial charge is 0.494 e. The highest BCUT2D eigenvalue weighted by Gasteiger charge is 2.04. The van der Waals surface area contributed by atoms with Crippen molar-refractivity contribution in [2.24, 2.45) is 0 Å². The van der Waals surface area contributed by atoms with Gasteiger partial charge in [0, 0.05) is 0 Å². The van der Waals surface area contributed by atoms with Crippen LogP contribution in [0, 0.1) is 0 Å². The SMILES string of the molecule is CCCCNCCCOc1cccc(C(C)C)c1.O=C(O)C(=O)O. The molecule has 0 bridgehead atoms. The maximum absolute atomic E-state index is 9.10. The summed E-state index contributed by atoms with van der Waals surface area (Å²) in [7, 11) is 0. The van der Waals surface area contributed by atoms with Crippen LogP contribution in [-0.2, 0) is 9.59 Å². The average Bonchev–Trinajstić information content (AvgIpc) is 2.54. The van der Waals surface area contributed by atoms with Crippen molar-refractivity contribution in [3.05, 3.63) is 29.8 Å². The third-order valence-corrected chi connectivity index (χ3v) is 3.18. The Bertz CT molecular complexity index is 476. The van der Waals surface area contributed by atoms with Crippen molar-refractivity contribution in [2.45, 2.75) is 46.0 Å². The van der Waals surface area contributed by atoms with Crippen LogP contribution in [-0.4, -0.2) is 41.8 Å². The summed E-state index contributed by atoms with van der Waals surface area (Å²) in [5, 5.41) is 18.2. The number of hydrogen-bond acceptors (Lipinski definition) is 4. The molecule has 0 amide bonds. The van der Waals surface area contributed by atoms with E-state index in [1.807, 2.05) is 6.07 Å². The Morgan fingerprint density at radius 1 is 1.12 bits per heavy atom. The molecular formula is C18H29NO5. The molecule has 1 rings (SSSR count). The smallest absolute Gasteiger partial charge is 0.414 e. The van der Waals surface area contributed by atoms with E-state index in [4.69, 9.17) is 24.5 Å². The maximum Gasteiger partial charge on any atom is 0.414 e. The van der Waals surface area contributed by atoms with Crippen LogP contribution in [0.1, 0.15) is 51.5 Å². The summed E-state index contributed by atoms with van der Waals surface area (Å²) in [4.78, 5) is 18.2. The molecule has 0 aromatic heterocycles. The fraction of sp³-hybridized carbons (Fsp3) is 0.556. The molecule has 0 saturated carbocycles. The van der Waals surface area contributed by atoms with Gasteiger partial charge in [0.05, 0.1) is 6.61 Å². The minimum absolute atomic E-state index is 0.560. The molecule has 0 spiro atoms. The van der Waals surface area contributed by atoms with Crippen molar-refractivity contribution in [3.8, 4) is 5.75 Å². The van der Waals surface area contributed by atoms with Gasteiger partial charge in [-0.05, 0) is 49.5 Å². The van der Waals surface area contributed by atoms with Crippen molar-refractivity contribution in [2.75, 3.05) is 19.7 Å². The molecule has 0 atom stereocenters. The Morgan fingerprint density at radius 3 is 2.29 bits per heavy atom. The van der Waals surface area contributed by atoms with Gasteiger partial charge in [-0.2, -0.15) is 0 Å². The first-order valence-corrected chi connectivity index (χ1v) is 8.28. The summed E-state index contributed by atoms with van der Waals surface area (Å²) >= 11 is 0. The van der Waals surface area contributed by atoms with Gasteiger partial charge in [0.15, 0.2) is 0 Å². The van der Waals surface area contributed by atoms with Crippen LogP contribution in [0.3, 0.4) is 0 Å². The topological polar surface area (TPSA) is 95.9 Å². The number of carboxylic acids is 2. The monoisotopic (exact) mass is 339 g/mol. The van der Waals surface area contributed by atoms with E-state index < -0.39 is 11.9 Å². The predicted octanol–water partition coefficient (Wildman–Crippen LogP) is 3.12. The zero-order chi connectivity index (χ0) is 18.4. The van der Waals surface area contributed by atoms with Gasteiger partial charge in [-0.3, -0.25) is 0 Å². The lowest BCUT2D eigenvalue weighted by Gasteiger charge is -2.10. The number of rotatable bonds is 9. The van der Waals surface area contributed by atoms with E-state index in [-0.39, 0.29) is 0 Å². The lowest BCUT2D eigenvalue weighted by Crippen LogP contribution is -2.18. The molecule has 0 aliphatic rings. The molecule has 3 N–H and O–H groups in total. The molecule has 0 aliphatic heterocycles. The Morgan fingerprint density at radius 2 is 1.75 bits per heavy atom. The van der Waals surface area contributed by atoms with Crippen LogP contribution in [0.4, 0.5) is 0 Å². The summed E-state index contributed by atoms with van der Waals surface area (Å²) < 4.78 is 5.76. The maximum atomic E-state index is 9.10. The van der Waals surface area contributed by atoms with E-state index in [9.17, 15) is 0 Å². The van der Waals surface area contributed by atoms with E-state index in [1.165, 1.54) is 18.4 Å². The molecule has 6 nitrogen and oxygen atoms in total. The van der Waals surface area contributed by atoms with Gasteiger partial charge in [0.1, 0.15) is 5.75 Å². The van der Waals surface area contributed by atoms with Gasteiger partial charge >= 0.3 is 11.9 Å². The summed E-state index contributed by atoms with van der Waals surface area (Å²) in [6.07, 6.45) is 3.58. The molecule has 1 aromatic carbocycles. The Kier molecular flexibility index (Phi) is 12.2. The molecular weight excluding hydrogens is 310 g/mol. The summed E-state index contributed by atoms with van der Waals surface area (Å²) in [5.41, 5.74) is 1.34. The number of ether oxygens (including phenoxy) is 1. The second kappa shape index (κ2) is 13.4. The van der Waals surface area contributed by atoms with Gasteiger partial charge in [-0.15, -0.1) is 0 Å². The highest BCUT2D eigenvalue weighted by Crippen LogP contribution is 2.20. The van der Waals surface area contributed by atoms with Crippen molar-refractivity contribution >= 4 is 11.9 Å². The number of aliphatic carboxylic acids is 2. The minimum atomic E-state index is -1.82. The summed E-state index contributed by atoms with van der Waals surface area (Å²) in [6, 6.07) is 8.42. The lowest BCUT2D eigenvalue weighted by atomic mass is 10.0. The molecule has 0 radical (unpaired) electrons. The van der Waals surface area contributed by atoms with Crippen LogP contribution in [0.25, 0.3) is 0 Å². The van der Waals surface area contributed by atoms with Gasteiger partial charge in [0.2, 0.25) is 0 Å². The highest BCUT2D eigenvalue weighted by atomic mass is 16.5. The van der Waals surface area contributed by atoms with E-state index in [0.29, 0.717) is 5.92 Å². The Hall–Kier alpha value is -2.08. The Labute approximate surface area is 143 Å². The number of carboxylic acid groups (broad SMARTS) is 2. The van der Waals surface area contributed by atoms with Crippen molar-refractivity contribution in [1.82, 2.24) is 5.32 Å². The number of benzene rings is 1. The number of hydrogen-bond donors (Lipinski definition) is 3. The normalized spacial score (nSPS) is 10.0. The quantitative estimate of drug-likeness (QED) is 0.472. The molecule has 0 aliphatic carbocycles. The average molecular weight is 339 g/mol. The van der Waals surface area contributed by atoms with Crippen molar-refractivity contribution in [1.29, 1.82) is 0 Å². The van der Waals surface area contributed by atoms with E-state index >= 15 is 0 Å². The molecule has 0 saturated heterocycles. The summed E-state index contributed by atoms with van der Waals surface area (Å²) in [5.74, 6) is -2.09. The molecule has 6 heteroatoms. The first-order chi connectivity index (χ1) is 11.4. The molecule has 1 aromatic rings. The number of unbranched alkanes of at least 4 members (excludes halogenated alkanes) is 1.